The van der Waals surface area contributed by atoms with Gasteiger partial charge in [0, 0.05) is 47.9 Å². The van der Waals surface area contributed by atoms with Crippen LogP contribution in [0.5, 0.6) is 0 Å². The Morgan fingerprint density at radius 1 is 1.17 bits per heavy atom. The number of carbonyl (C=O) groups is 1. The number of esters is 1. The van der Waals surface area contributed by atoms with E-state index in [2.05, 4.69) is 30.7 Å². The van der Waals surface area contributed by atoms with Gasteiger partial charge in [-0.25, -0.2) is 9.78 Å². The van der Waals surface area contributed by atoms with Gasteiger partial charge >= 0.3 is 5.97 Å². The number of aryl methyl sites for hydroxylation is 1. The minimum atomic E-state index is -1.00. The first kappa shape index (κ1) is 32.3. The highest BCUT2D eigenvalue weighted by molar-refractivity contribution is 5.87. The molecule has 2 fully saturated rings. The Labute approximate surface area is 251 Å². The zero-order valence-electron chi connectivity index (χ0n) is 26.7. The van der Waals surface area contributed by atoms with Gasteiger partial charge in [0.25, 0.3) is 0 Å². The Bertz CT molecular complexity index is 1220. The van der Waals surface area contributed by atoms with Gasteiger partial charge in [-0.3, -0.25) is 4.98 Å². The van der Waals surface area contributed by atoms with E-state index >= 15 is 0 Å². The van der Waals surface area contributed by atoms with E-state index in [0.717, 1.165) is 55.6 Å². The van der Waals surface area contributed by atoms with E-state index < -0.39 is 23.6 Å². The van der Waals surface area contributed by atoms with Crippen LogP contribution in [0.4, 0.5) is 10.1 Å². The number of rotatable bonds is 11. The van der Waals surface area contributed by atoms with E-state index in [1.807, 2.05) is 34.6 Å². The lowest BCUT2D eigenvalue weighted by Crippen LogP contribution is -2.39. The fourth-order valence-corrected chi connectivity index (χ4v) is 5.96. The van der Waals surface area contributed by atoms with Crippen LogP contribution < -0.4 is 4.90 Å². The molecule has 1 saturated carbocycles. The summed E-state index contributed by atoms with van der Waals surface area (Å²) in [5, 5.41) is 10.4. The predicted octanol–water partition coefficient (Wildman–Crippen LogP) is 7.19. The molecule has 2 aliphatic rings. The molecule has 1 N–H and O–H groups in total. The van der Waals surface area contributed by atoms with Gasteiger partial charge < -0.3 is 19.5 Å². The molecule has 2 aromatic rings. The number of aliphatic hydroxyl groups is 1. The minimum absolute atomic E-state index is 0.219. The summed E-state index contributed by atoms with van der Waals surface area (Å²) in [6, 6.07) is 3.05. The van der Waals surface area contributed by atoms with Crippen molar-refractivity contribution in [1.82, 2.24) is 9.97 Å². The molecule has 3 heterocycles. The van der Waals surface area contributed by atoms with Crippen LogP contribution in [-0.4, -0.2) is 51.9 Å². The fraction of sp³-hybridized carbons (Fsp3) is 0.676. The lowest BCUT2D eigenvalue weighted by Gasteiger charge is -2.41. The zero-order chi connectivity index (χ0) is 30.8. The topological polar surface area (TPSA) is 84.8 Å². The van der Waals surface area contributed by atoms with Gasteiger partial charge in [-0.15, -0.1) is 0 Å². The number of pyridine rings is 2. The second kappa shape index (κ2) is 13.0. The molecular weight excluding hydrogens is 533 g/mol. The summed E-state index contributed by atoms with van der Waals surface area (Å²) in [6.07, 6.45) is 6.93. The van der Waals surface area contributed by atoms with Gasteiger partial charge in [0.05, 0.1) is 23.5 Å². The Balaban J connectivity index is 1.67. The van der Waals surface area contributed by atoms with Crippen LogP contribution in [0.25, 0.3) is 11.1 Å². The normalized spacial score (nSPS) is 22.4. The predicted molar refractivity (Wildman–Crippen MR) is 164 cm³/mol. The number of aliphatic hydroxyl groups excluding tert-OH is 1. The lowest BCUT2D eigenvalue weighted by molar-refractivity contribution is -0.172. The fourth-order valence-electron chi connectivity index (χ4n) is 5.96. The highest BCUT2D eigenvalue weighted by Crippen LogP contribution is 2.44. The average Bonchev–Trinajstić information content (AvgIpc) is 3.64. The number of carbonyl (C=O) groups excluding carboxylic acids is 1. The first-order valence-electron chi connectivity index (χ1n) is 15.6. The molecule has 1 aliphatic carbocycles. The van der Waals surface area contributed by atoms with Crippen molar-refractivity contribution in [3.8, 4) is 11.1 Å². The average molecular weight is 584 g/mol. The molecule has 0 bridgehead atoms. The standard InChI is InChI=1S/C34H50FN3O4/c1-21-18-25(21)27(39)11-9-10-22(2)41-32(40)31(42-33(4,5)6)29-23(3)36-20-26(24-12-13-28(35)37-19-24)30(29)38-16-14-34(7,8)15-17-38/h12-13,19-22,25,27,31,39H,9-11,14-18H2,1-8H3/t21?,22?,25?,27?,31-/m0/s1. The second-order valence-corrected chi connectivity index (χ2v) is 14.3. The van der Waals surface area contributed by atoms with E-state index in [1.165, 1.54) is 12.3 Å². The van der Waals surface area contributed by atoms with Crippen molar-refractivity contribution in [2.45, 2.75) is 118 Å². The summed E-state index contributed by atoms with van der Waals surface area (Å²) >= 11 is 0. The number of anilines is 1. The summed E-state index contributed by atoms with van der Waals surface area (Å²) in [6.45, 7) is 17.9. The number of halogens is 1. The molecule has 2 aromatic heterocycles. The smallest absolute Gasteiger partial charge is 0.340 e. The number of hydrogen-bond donors (Lipinski definition) is 1. The van der Waals surface area contributed by atoms with Crippen LogP contribution in [0.1, 0.15) is 104 Å². The van der Waals surface area contributed by atoms with Gasteiger partial charge in [0.1, 0.15) is 0 Å². The van der Waals surface area contributed by atoms with Gasteiger partial charge in [-0.2, -0.15) is 4.39 Å². The molecule has 1 saturated heterocycles. The van der Waals surface area contributed by atoms with Crippen molar-refractivity contribution in [1.29, 1.82) is 0 Å². The van der Waals surface area contributed by atoms with E-state index in [1.54, 1.807) is 12.3 Å². The van der Waals surface area contributed by atoms with Crippen LogP contribution in [0, 0.1) is 30.1 Å². The van der Waals surface area contributed by atoms with Crippen LogP contribution in [0.3, 0.4) is 0 Å². The maximum Gasteiger partial charge on any atom is 0.340 e. The molecule has 0 spiro atoms. The molecule has 0 amide bonds. The number of hydrogen-bond acceptors (Lipinski definition) is 7. The van der Waals surface area contributed by atoms with Gasteiger partial charge in [-0.1, -0.05) is 20.8 Å². The molecule has 0 aromatic carbocycles. The summed E-state index contributed by atoms with van der Waals surface area (Å²) in [4.78, 5) is 24.9. The van der Waals surface area contributed by atoms with Crippen molar-refractivity contribution < 1.29 is 23.8 Å². The maximum absolute atomic E-state index is 14.0. The lowest BCUT2D eigenvalue weighted by atomic mass is 9.82. The molecule has 4 rings (SSSR count). The van der Waals surface area contributed by atoms with Crippen molar-refractivity contribution >= 4 is 11.7 Å². The van der Waals surface area contributed by atoms with E-state index in [0.29, 0.717) is 35.9 Å². The van der Waals surface area contributed by atoms with Crippen molar-refractivity contribution in [2.24, 2.45) is 17.3 Å². The Kier molecular flexibility index (Phi) is 9.98. The van der Waals surface area contributed by atoms with E-state index in [-0.39, 0.29) is 17.6 Å². The number of ether oxygens (including phenoxy) is 2. The molecular formula is C34H50FN3O4. The molecule has 1 aliphatic heterocycles. The zero-order valence-corrected chi connectivity index (χ0v) is 26.7. The summed E-state index contributed by atoms with van der Waals surface area (Å²) in [5.74, 6) is 0.00643. The second-order valence-electron chi connectivity index (χ2n) is 14.3. The van der Waals surface area contributed by atoms with Crippen LogP contribution in [0.15, 0.2) is 24.5 Å². The molecule has 42 heavy (non-hydrogen) atoms. The maximum atomic E-state index is 14.0. The third-order valence-electron chi connectivity index (χ3n) is 8.80. The minimum Gasteiger partial charge on any atom is -0.460 e. The van der Waals surface area contributed by atoms with Gasteiger partial charge in [-0.05, 0) is 103 Å². The van der Waals surface area contributed by atoms with Gasteiger partial charge in [0.2, 0.25) is 5.95 Å². The first-order valence-corrected chi connectivity index (χ1v) is 15.6. The van der Waals surface area contributed by atoms with Crippen LogP contribution >= 0.6 is 0 Å². The highest BCUT2D eigenvalue weighted by Gasteiger charge is 2.39. The molecule has 4 unspecified atom stereocenters. The number of piperidine rings is 1. The SMILES string of the molecule is Cc1ncc(-c2ccc(F)nc2)c(N2CCC(C)(C)CC2)c1[C@H](OC(C)(C)C)C(=O)OC(C)CCCC(O)C1CC1C. The quantitative estimate of drug-likeness (QED) is 0.221. The van der Waals surface area contributed by atoms with Crippen LogP contribution in [0.2, 0.25) is 0 Å². The van der Waals surface area contributed by atoms with E-state index in [4.69, 9.17) is 14.5 Å². The molecule has 232 valence electrons. The summed E-state index contributed by atoms with van der Waals surface area (Å²) in [5.41, 5.74) is 3.33. The first-order chi connectivity index (χ1) is 19.6. The third kappa shape index (κ3) is 8.28. The van der Waals surface area contributed by atoms with E-state index in [9.17, 15) is 14.3 Å². The van der Waals surface area contributed by atoms with Crippen molar-refractivity contribution in [3.63, 3.8) is 0 Å². The monoisotopic (exact) mass is 583 g/mol. The molecule has 8 heteroatoms. The number of aromatic nitrogens is 2. The molecule has 0 radical (unpaired) electrons. The Morgan fingerprint density at radius 2 is 1.83 bits per heavy atom. The third-order valence-corrected chi connectivity index (χ3v) is 8.80. The van der Waals surface area contributed by atoms with Crippen LogP contribution in [-0.2, 0) is 14.3 Å². The van der Waals surface area contributed by atoms with Gasteiger partial charge in [0.15, 0.2) is 6.10 Å². The Morgan fingerprint density at radius 3 is 2.40 bits per heavy atom. The highest BCUT2D eigenvalue weighted by atomic mass is 19.1. The largest absolute Gasteiger partial charge is 0.460 e. The van der Waals surface area contributed by atoms with Crippen molar-refractivity contribution in [2.75, 3.05) is 18.0 Å². The number of nitrogens with zero attached hydrogens (tertiary/aromatic N) is 3. The summed E-state index contributed by atoms with van der Waals surface area (Å²) in [7, 11) is 0. The molecule has 7 nitrogen and oxygen atoms in total. The van der Waals surface area contributed by atoms with Crippen molar-refractivity contribution in [3.05, 3.63) is 41.7 Å². The Hall–Kier alpha value is -2.58. The summed E-state index contributed by atoms with van der Waals surface area (Å²) < 4.78 is 26.3. The molecule has 5 atom stereocenters.